The molecule has 2 aromatic carbocycles. The number of nitrogens with zero attached hydrogens (tertiary/aromatic N) is 4. The number of ether oxygens (including phenoxy) is 1. The first-order chi connectivity index (χ1) is 17.0. The van der Waals surface area contributed by atoms with Gasteiger partial charge >= 0.3 is 6.09 Å². The summed E-state index contributed by atoms with van der Waals surface area (Å²) in [4.78, 5) is 31.2. The van der Waals surface area contributed by atoms with E-state index in [2.05, 4.69) is 11.1 Å². The molecular weight excluding hydrogens is 448 g/mol. The van der Waals surface area contributed by atoms with E-state index in [0.717, 1.165) is 28.1 Å². The van der Waals surface area contributed by atoms with Crippen molar-refractivity contribution in [2.45, 2.75) is 31.8 Å². The molecule has 1 aliphatic heterocycles. The zero-order valence-electron chi connectivity index (χ0n) is 19.2. The molecule has 1 aromatic heterocycles. The van der Waals surface area contributed by atoms with E-state index >= 15 is 0 Å². The topological polar surface area (TPSA) is 120 Å². The molecule has 9 nitrogen and oxygen atoms in total. The first-order valence-corrected chi connectivity index (χ1v) is 11.4. The maximum atomic E-state index is 12.5. The Kier molecular flexibility index (Phi) is 7.63. The normalized spacial score (nSPS) is 14.9. The minimum atomic E-state index is -1.19. The molecule has 1 N–H and O–H groups in total. The molecule has 0 spiro atoms. The third-order valence-corrected chi connectivity index (χ3v) is 5.82. The number of hydrogen-bond donors (Lipinski definition) is 1. The molecule has 2 amide bonds. The van der Waals surface area contributed by atoms with Gasteiger partial charge in [-0.1, -0.05) is 30.3 Å². The molecule has 0 radical (unpaired) electrons. The van der Waals surface area contributed by atoms with Gasteiger partial charge in [-0.15, -0.1) is 0 Å². The molecule has 1 atom stereocenters. The fraction of sp³-hybridized carbons (Fsp3) is 0.308. The lowest BCUT2D eigenvalue weighted by molar-refractivity contribution is -0.132. The van der Waals surface area contributed by atoms with Gasteiger partial charge in [-0.25, -0.2) is 9.78 Å². The maximum absolute atomic E-state index is 12.5. The summed E-state index contributed by atoms with van der Waals surface area (Å²) in [6, 6.07) is 18.4. The number of carboxylic acid groups (broad SMARTS) is 1. The summed E-state index contributed by atoms with van der Waals surface area (Å²) in [5, 5.41) is 18.7. The van der Waals surface area contributed by atoms with E-state index in [1.165, 1.54) is 4.90 Å². The Balaban J connectivity index is 1.27. The molecule has 180 valence electrons. The SMILES string of the molecule is N#C[C@@H]1CCCN1C(=O)CN(Cc1ccc(OCCc2coc(-c3ccccc3)n2)cc1)C(=O)O. The summed E-state index contributed by atoms with van der Waals surface area (Å²) in [5.41, 5.74) is 2.44. The number of amides is 2. The highest BCUT2D eigenvalue weighted by Crippen LogP contribution is 2.20. The van der Waals surface area contributed by atoms with E-state index in [1.807, 2.05) is 30.3 Å². The lowest BCUT2D eigenvalue weighted by atomic mass is 10.2. The predicted octanol–water partition coefficient (Wildman–Crippen LogP) is 3.96. The van der Waals surface area contributed by atoms with Crippen LogP contribution in [0.4, 0.5) is 4.79 Å². The van der Waals surface area contributed by atoms with Gasteiger partial charge in [0.2, 0.25) is 11.8 Å². The molecule has 0 unspecified atom stereocenters. The summed E-state index contributed by atoms with van der Waals surface area (Å²) in [7, 11) is 0. The van der Waals surface area contributed by atoms with Crippen LogP contribution in [-0.2, 0) is 17.8 Å². The van der Waals surface area contributed by atoms with Crippen molar-refractivity contribution in [3.63, 3.8) is 0 Å². The van der Waals surface area contributed by atoms with Gasteiger partial charge < -0.3 is 19.2 Å². The van der Waals surface area contributed by atoms with E-state index in [-0.39, 0.29) is 19.0 Å². The minimum absolute atomic E-state index is 0.0631. The molecule has 0 saturated carbocycles. The second kappa shape index (κ2) is 11.2. The average Bonchev–Trinajstić information content (AvgIpc) is 3.55. The molecule has 35 heavy (non-hydrogen) atoms. The molecule has 9 heteroatoms. The van der Waals surface area contributed by atoms with Crippen molar-refractivity contribution in [2.24, 2.45) is 0 Å². The van der Waals surface area contributed by atoms with Crippen molar-refractivity contribution in [3.05, 3.63) is 72.1 Å². The Morgan fingerprint density at radius 3 is 2.69 bits per heavy atom. The third kappa shape index (κ3) is 6.18. The Morgan fingerprint density at radius 1 is 1.20 bits per heavy atom. The molecule has 0 aliphatic carbocycles. The maximum Gasteiger partial charge on any atom is 0.408 e. The largest absolute Gasteiger partial charge is 0.493 e. The summed E-state index contributed by atoms with van der Waals surface area (Å²) >= 11 is 0. The van der Waals surface area contributed by atoms with Crippen LogP contribution in [0.25, 0.3) is 11.5 Å². The van der Waals surface area contributed by atoms with Gasteiger partial charge in [0.25, 0.3) is 0 Å². The molecule has 4 rings (SSSR count). The quantitative estimate of drug-likeness (QED) is 0.498. The van der Waals surface area contributed by atoms with Gasteiger partial charge in [0.15, 0.2) is 0 Å². The number of hydrogen-bond acceptors (Lipinski definition) is 6. The molecule has 1 fully saturated rings. The number of rotatable bonds is 9. The van der Waals surface area contributed by atoms with Crippen LogP contribution < -0.4 is 4.74 Å². The fourth-order valence-corrected chi connectivity index (χ4v) is 3.96. The fourth-order valence-electron chi connectivity index (χ4n) is 3.96. The molecule has 3 aromatic rings. The van der Waals surface area contributed by atoms with Crippen molar-refractivity contribution in [2.75, 3.05) is 19.7 Å². The summed E-state index contributed by atoms with van der Waals surface area (Å²) < 4.78 is 11.3. The number of carbonyl (C=O) groups is 2. The van der Waals surface area contributed by atoms with Crippen molar-refractivity contribution in [1.82, 2.24) is 14.8 Å². The molecular formula is C26H26N4O5. The standard InChI is InChI=1S/C26H26N4O5/c27-15-22-7-4-13-30(22)24(31)17-29(26(32)33)16-19-8-10-23(11-9-19)34-14-12-21-18-35-25(28-21)20-5-2-1-3-6-20/h1-3,5-6,8-11,18,22H,4,7,12-14,16-17H2,(H,32,33)/t22-/m0/s1. The van der Waals surface area contributed by atoms with E-state index < -0.39 is 12.1 Å². The van der Waals surface area contributed by atoms with Gasteiger partial charge in [0.1, 0.15) is 24.6 Å². The highest BCUT2D eigenvalue weighted by atomic mass is 16.5. The van der Waals surface area contributed by atoms with E-state index in [0.29, 0.717) is 37.6 Å². The van der Waals surface area contributed by atoms with Gasteiger partial charge in [-0.05, 0) is 42.7 Å². The van der Waals surface area contributed by atoms with E-state index in [4.69, 9.17) is 9.15 Å². The monoisotopic (exact) mass is 474 g/mol. The second-order valence-corrected chi connectivity index (χ2v) is 8.27. The number of oxazole rings is 1. The smallest absolute Gasteiger partial charge is 0.408 e. The first-order valence-electron chi connectivity index (χ1n) is 11.4. The number of benzene rings is 2. The van der Waals surface area contributed by atoms with Crippen LogP contribution in [-0.4, -0.2) is 57.6 Å². The van der Waals surface area contributed by atoms with Gasteiger partial charge in [0.05, 0.1) is 18.4 Å². The highest BCUT2D eigenvalue weighted by molar-refractivity contribution is 5.82. The van der Waals surface area contributed by atoms with Crippen LogP contribution in [0.5, 0.6) is 5.75 Å². The third-order valence-electron chi connectivity index (χ3n) is 5.82. The molecule has 2 heterocycles. The number of nitriles is 1. The first kappa shape index (κ1) is 23.8. The van der Waals surface area contributed by atoms with Crippen molar-refractivity contribution in [3.8, 4) is 23.3 Å². The number of aromatic nitrogens is 1. The van der Waals surface area contributed by atoms with Gasteiger partial charge in [-0.3, -0.25) is 9.69 Å². The molecule has 1 saturated heterocycles. The Hall–Kier alpha value is -4.32. The van der Waals surface area contributed by atoms with Crippen LogP contribution >= 0.6 is 0 Å². The Morgan fingerprint density at radius 2 is 1.97 bits per heavy atom. The summed E-state index contributed by atoms with van der Waals surface area (Å²) in [6.45, 7) is 0.673. The molecule has 0 bridgehead atoms. The van der Waals surface area contributed by atoms with Crippen molar-refractivity contribution < 1.29 is 23.8 Å². The van der Waals surface area contributed by atoms with Crippen molar-refractivity contribution in [1.29, 1.82) is 5.26 Å². The second-order valence-electron chi connectivity index (χ2n) is 8.27. The average molecular weight is 475 g/mol. The van der Waals surface area contributed by atoms with Crippen LogP contribution in [0.15, 0.2) is 65.3 Å². The van der Waals surface area contributed by atoms with Gasteiger partial charge in [-0.2, -0.15) is 5.26 Å². The number of likely N-dealkylation sites (tertiary alicyclic amines) is 1. The highest BCUT2D eigenvalue weighted by Gasteiger charge is 2.30. The van der Waals surface area contributed by atoms with Crippen LogP contribution in [0.2, 0.25) is 0 Å². The summed E-state index contributed by atoms with van der Waals surface area (Å²) in [6.07, 6.45) is 2.39. The molecule has 1 aliphatic rings. The summed E-state index contributed by atoms with van der Waals surface area (Å²) in [5.74, 6) is 0.867. The van der Waals surface area contributed by atoms with Crippen LogP contribution in [0.3, 0.4) is 0 Å². The predicted molar refractivity (Wildman–Crippen MR) is 126 cm³/mol. The lowest BCUT2D eigenvalue weighted by Gasteiger charge is -2.24. The van der Waals surface area contributed by atoms with E-state index in [1.54, 1.807) is 30.5 Å². The van der Waals surface area contributed by atoms with Crippen molar-refractivity contribution >= 4 is 12.0 Å². The Labute approximate surface area is 203 Å². The van der Waals surface area contributed by atoms with E-state index in [9.17, 15) is 20.0 Å². The zero-order valence-corrected chi connectivity index (χ0v) is 19.2. The minimum Gasteiger partial charge on any atom is -0.493 e. The van der Waals surface area contributed by atoms with Crippen LogP contribution in [0.1, 0.15) is 24.1 Å². The van der Waals surface area contributed by atoms with Gasteiger partial charge in [0, 0.05) is 25.1 Å². The lowest BCUT2D eigenvalue weighted by Crippen LogP contribution is -2.43. The zero-order chi connectivity index (χ0) is 24.6. The number of carbonyl (C=O) groups excluding carboxylic acids is 1. The van der Waals surface area contributed by atoms with Crippen LogP contribution in [0, 0.1) is 11.3 Å². The Bertz CT molecular complexity index is 1190.